The number of hydrogen-bond acceptors (Lipinski definition) is 2. The fourth-order valence-electron chi connectivity index (χ4n) is 1.03. The van der Waals surface area contributed by atoms with Gasteiger partial charge >= 0.3 is 0 Å². The number of nitrogens with two attached hydrogens (primary N) is 1. The van der Waals surface area contributed by atoms with Gasteiger partial charge in [0.1, 0.15) is 0 Å². The molecule has 0 heterocycles. The maximum Gasteiger partial charge on any atom is 0.0880 e. The summed E-state index contributed by atoms with van der Waals surface area (Å²) in [7, 11) is 0. The zero-order chi connectivity index (χ0) is 10.4. The first-order chi connectivity index (χ1) is 6.74. The van der Waals surface area contributed by atoms with Crippen LogP contribution in [-0.2, 0) is 0 Å². The summed E-state index contributed by atoms with van der Waals surface area (Å²) in [4.78, 5) is 2.61. The highest BCUT2D eigenvalue weighted by Gasteiger charge is 1.93. The molecule has 70 valence electrons. The van der Waals surface area contributed by atoms with E-state index in [2.05, 4.69) is 21.9 Å². The van der Waals surface area contributed by atoms with Gasteiger partial charge in [0.15, 0.2) is 0 Å². The van der Waals surface area contributed by atoms with Crippen LogP contribution in [0.1, 0.15) is 11.1 Å². The van der Waals surface area contributed by atoms with E-state index in [4.69, 9.17) is 11.3 Å². The first-order valence-corrected chi connectivity index (χ1v) is 4.10. The van der Waals surface area contributed by atoms with E-state index in [1.54, 1.807) is 6.07 Å². The molecule has 0 bridgehead atoms. The van der Waals surface area contributed by atoms with Crippen molar-refractivity contribution in [2.75, 3.05) is 12.3 Å². The van der Waals surface area contributed by atoms with Gasteiger partial charge in [0, 0.05) is 16.2 Å². The Bertz CT molecular complexity index is 433. The van der Waals surface area contributed by atoms with E-state index >= 15 is 0 Å². The number of aryl methyl sites for hydroxylation is 1. The predicted octanol–water partition coefficient (Wildman–Crippen LogP) is 2.24. The Morgan fingerprint density at radius 2 is 2.36 bits per heavy atom. The molecule has 1 aromatic rings. The summed E-state index contributed by atoms with van der Waals surface area (Å²) in [6, 6.07) is 5.51. The van der Waals surface area contributed by atoms with Crippen LogP contribution in [0.25, 0.3) is 10.4 Å². The van der Waals surface area contributed by atoms with Crippen LogP contribution in [-0.4, -0.2) is 6.54 Å². The van der Waals surface area contributed by atoms with Crippen LogP contribution < -0.4 is 5.73 Å². The highest BCUT2D eigenvalue weighted by molar-refractivity contribution is 5.50. The van der Waals surface area contributed by atoms with E-state index in [0.29, 0.717) is 0 Å². The third-order valence-electron chi connectivity index (χ3n) is 1.69. The van der Waals surface area contributed by atoms with Crippen LogP contribution in [0.15, 0.2) is 23.3 Å². The molecule has 0 aliphatic heterocycles. The standard InChI is InChI=1S/C10H10N4/c1-8-7-10(11)5-4-9(8)3-2-6-13-14-12/h4-5,7H,6,11H2,1H3. The highest BCUT2D eigenvalue weighted by Crippen LogP contribution is 2.10. The van der Waals surface area contributed by atoms with Crippen molar-refractivity contribution in [3.8, 4) is 11.8 Å². The van der Waals surface area contributed by atoms with E-state index in [1.807, 2.05) is 19.1 Å². The van der Waals surface area contributed by atoms with Crippen LogP contribution in [0.4, 0.5) is 5.69 Å². The minimum Gasteiger partial charge on any atom is -0.399 e. The zero-order valence-corrected chi connectivity index (χ0v) is 7.86. The van der Waals surface area contributed by atoms with Gasteiger partial charge in [-0.25, -0.2) is 0 Å². The largest absolute Gasteiger partial charge is 0.399 e. The summed E-state index contributed by atoms with van der Waals surface area (Å²) in [5.74, 6) is 5.66. The summed E-state index contributed by atoms with van der Waals surface area (Å²) in [5.41, 5.74) is 16.3. The van der Waals surface area contributed by atoms with Gasteiger partial charge in [-0.1, -0.05) is 17.0 Å². The Labute approximate surface area is 82.4 Å². The van der Waals surface area contributed by atoms with Crippen LogP contribution in [0, 0.1) is 18.8 Å². The van der Waals surface area contributed by atoms with Gasteiger partial charge in [0.2, 0.25) is 0 Å². The normalized spacial score (nSPS) is 8.36. The van der Waals surface area contributed by atoms with E-state index in [9.17, 15) is 0 Å². The SMILES string of the molecule is Cc1cc(N)ccc1C#CCN=[N+]=[N-]. The van der Waals surface area contributed by atoms with Crippen molar-refractivity contribution in [3.63, 3.8) is 0 Å². The zero-order valence-electron chi connectivity index (χ0n) is 7.86. The molecule has 0 amide bonds. The number of rotatable bonds is 1. The molecular formula is C10H10N4. The molecule has 4 nitrogen and oxygen atoms in total. The van der Waals surface area contributed by atoms with Gasteiger partial charge < -0.3 is 5.73 Å². The van der Waals surface area contributed by atoms with Crippen molar-refractivity contribution >= 4 is 5.69 Å². The Morgan fingerprint density at radius 3 is 3.00 bits per heavy atom. The van der Waals surface area contributed by atoms with Crippen molar-refractivity contribution in [1.29, 1.82) is 0 Å². The molecule has 0 unspecified atom stereocenters. The van der Waals surface area contributed by atoms with Crippen molar-refractivity contribution in [3.05, 3.63) is 39.8 Å². The average Bonchev–Trinajstić information content (AvgIpc) is 2.15. The van der Waals surface area contributed by atoms with Crippen LogP contribution in [0.2, 0.25) is 0 Å². The molecule has 0 radical (unpaired) electrons. The van der Waals surface area contributed by atoms with Gasteiger partial charge in [-0.2, -0.15) is 0 Å². The van der Waals surface area contributed by atoms with E-state index in [0.717, 1.165) is 16.8 Å². The second-order valence-electron chi connectivity index (χ2n) is 2.77. The molecule has 0 atom stereocenters. The maximum absolute atomic E-state index is 8.03. The third kappa shape index (κ3) is 2.74. The van der Waals surface area contributed by atoms with E-state index in [1.165, 1.54) is 0 Å². The molecule has 0 saturated heterocycles. The number of anilines is 1. The van der Waals surface area contributed by atoms with Gasteiger partial charge in [0.25, 0.3) is 0 Å². The van der Waals surface area contributed by atoms with Crippen LogP contribution in [0.5, 0.6) is 0 Å². The molecule has 0 aliphatic rings. The molecule has 2 N–H and O–H groups in total. The Kier molecular flexibility index (Phi) is 3.42. The van der Waals surface area contributed by atoms with Gasteiger partial charge in [-0.15, -0.1) is 0 Å². The second kappa shape index (κ2) is 4.80. The lowest BCUT2D eigenvalue weighted by atomic mass is 10.1. The monoisotopic (exact) mass is 186 g/mol. The molecule has 0 saturated carbocycles. The van der Waals surface area contributed by atoms with Gasteiger partial charge in [-0.3, -0.25) is 0 Å². The lowest BCUT2D eigenvalue weighted by molar-refractivity contribution is 1.25. The van der Waals surface area contributed by atoms with E-state index < -0.39 is 0 Å². The molecule has 0 aliphatic carbocycles. The fraction of sp³-hybridized carbons (Fsp3) is 0.200. The average molecular weight is 186 g/mol. The van der Waals surface area contributed by atoms with Crippen molar-refractivity contribution < 1.29 is 0 Å². The van der Waals surface area contributed by atoms with Crippen molar-refractivity contribution in [2.24, 2.45) is 5.11 Å². The quantitative estimate of drug-likeness (QED) is 0.236. The topological polar surface area (TPSA) is 74.8 Å². The first kappa shape index (κ1) is 9.97. The molecule has 0 fully saturated rings. The lowest BCUT2D eigenvalue weighted by Crippen LogP contribution is -1.88. The summed E-state index contributed by atoms with van der Waals surface area (Å²) >= 11 is 0. The number of azide groups is 1. The molecule has 0 aromatic heterocycles. The molecular weight excluding hydrogens is 176 g/mol. The van der Waals surface area contributed by atoms with Crippen LogP contribution >= 0.6 is 0 Å². The Hall–Kier alpha value is -2.11. The van der Waals surface area contributed by atoms with Gasteiger partial charge in [-0.05, 0) is 36.2 Å². The molecule has 0 spiro atoms. The number of benzene rings is 1. The molecule has 1 aromatic carbocycles. The summed E-state index contributed by atoms with van der Waals surface area (Å²) in [6.45, 7) is 2.13. The lowest BCUT2D eigenvalue weighted by Gasteiger charge is -1.98. The van der Waals surface area contributed by atoms with Gasteiger partial charge in [0.05, 0.1) is 6.54 Å². The minimum absolute atomic E-state index is 0.195. The number of nitrogens with zero attached hydrogens (tertiary/aromatic N) is 3. The second-order valence-corrected chi connectivity index (χ2v) is 2.77. The van der Waals surface area contributed by atoms with E-state index in [-0.39, 0.29) is 6.54 Å². The molecule has 1 rings (SSSR count). The maximum atomic E-state index is 8.03. The summed E-state index contributed by atoms with van der Waals surface area (Å²) in [6.07, 6.45) is 0. The fourth-order valence-corrected chi connectivity index (χ4v) is 1.03. The smallest absolute Gasteiger partial charge is 0.0880 e. The van der Waals surface area contributed by atoms with Crippen molar-refractivity contribution in [1.82, 2.24) is 0 Å². The molecule has 14 heavy (non-hydrogen) atoms. The van der Waals surface area contributed by atoms with Crippen LogP contribution in [0.3, 0.4) is 0 Å². The predicted molar refractivity (Wildman–Crippen MR) is 56.5 cm³/mol. The Balaban J connectivity index is 2.84. The minimum atomic E-state index is 0.195. The first-order valence-electron chi connectivity index (χ1n) is 4.10. The Morgan fingerprint density at radius 1 is 1.57 bits per heavy atom. The number of nitrogen functional groups attached to an aromatic ring is 1. The third-order valence-corrected chi connectivity index (χ3v) is 1.69. The van der Waals surface area contributed by atoms with Crippen molar-refractivity contribution in [2.45, 2.75) is 6.92 Å². The molecule has 4 heteroatoms. The number of hydrogen-bond donors (Lipinski definition) is 1. The summed E-state index contributed by atoms with van der Waals surface area (Å²) in [5, 5.41) is 3.32. The highest BCUT2D eigenvalue weighted by atomic mass is 15.1. The summed E-state index contributed by atoms with van der Waals surface area (Å²) < 4.78 is 0.